The molecule has 3 heterocycles. The maximum absolute atomic E-state index is 12.8. The van der Waals surface area contributed by atoms with Crippen LogP contribution in [0.5, 0.6) is 0 Å². The molecule has 2 aliphatic carbocycles. The first-order valence-corrected chi connectivity index (χ1v) is 9.37. The van der Waals surface area contributed by atoms with Gasteiger partial charge in [0.1, 0.15) is 6.10 Å². The highest BCUT2D eigenvalue weighted by Crippen LogP contribution is 2.42. The number of carbonyl (C=O) groups is 1. The largest absolute Gasteiger partial charge is 0.456 e. The van der Waals surface area contributed by atoms with Crippen LogP contribution in [0, 0.1) is 5.92 Å². The van der Waals surface area contributed by atoms with Crippen LogP contribution in [0.25, 0.3) is 11.0 Å². The molecule has 5 rings (SSSR count). The van der Waals surface area contributed by atoms with Gasteiger partial charge in [-0.2, -0.15) is 5.10 Å². The summed E-state index contributed by atoms with van der Waals surface area (Å²) in [5.41, 5.74) is 2.44. The van der Waals surface area contributed by atoms with E-state index in [2.05, 4.69) is 12.0 Å². The first-order valence-electron chi connectivity index (χ1n) is 9.37. The van der Waals surface area contributed by atoms with Crippen molar-refractivity contribution in [3.63, 3.8) is 0 Å². The second kappa shape index (κ2) is 5.80. The van der Waals surface area contributed by atoms with Gasteiger partial charge in [-0.3, -0.25) is 0 Å². The molecule has 3 fully saturated rings. The van der Waals surface area contributed by atoms with Crippen LogP contribution >= 0.6 is 0 Å². The maximum Gasteiger partial charge on any atom is 0.339 e. The van der Waals surface area contributed by atoms with Gasteiger partial charge < -0.3 is 9.47 Å². The van der Waals surface area contributed by atoms with E-state index in [0.717, 1.165) is 36.0 Å². The van der Waals surface area contributed by atoms with E-state index >= 15 is 0 Å². The highest BCUT2D eigenvalue weighted by molar-refractivity contribution is 6.02. The van der Waals surface area contributed by atoms with Crippen molar-refractivity contribution in [1.82, 2.24) is 14.8 Å². The molecule has 1 saturated heterocycles. The van der Waals surface area contributed by atoms with Crippen molar-refractivity contribution in [3.8, 4) is 0 Å². The first-order chi connectivity index (χ1) is 12.2. The SMILES string of the molecule is C[C@@H](C1CC1)n1ncc2c(C(=O)O[C@H]3CCOC3)cc(C3CC3)nc21. The van der Waals surface area contributed by atoms with E-state index in [4.69, 9.17) is 14.5 Å². The van der Waals surface area contributed by atoms with Crippen molar-refractivity contribution >= 4 is 17.0 Å². The third kappa shape index (κ3) is 2.82. The van der Waals surface area contributed by atoms with Crippen LogP contribution < -0.4 is 0 Å². The number of rotatable bonds is 5. The van der Waals surface area contributed by atoms with Gasteiger partial charge in [-0.15, -0.1) is 0 Å². The Morgan fingerprint density at radius 3 is 2.84 bits per heavy atom. The number of carbonyl (C=O) groups excluding carboxylic acids is 1. The Morgan fingerprint density at radius 1 is 1.32 bits per heavy atom. The van der Waals surface area contributed by atoms with Crippen molar-refractivity contribution in [1.29, 1.82) is 0 Å². The second-order valence-corrected chi connectivity index (χ2v) is 7.66. The van der Waals surface area contributed by atoms with E-state index in [0.29, 0.717) is 36.7 Å². The molecular weight excluding hydrogens is 318 g/mol. The lowest BCUT2D eigenvalue weighted by Crippen LogP contribution is -2.19. The first kappa shape index (κ1) is 15.3. The zero-order chi connectivity index (χ0) is 17.0. The molecule has 2 aromatic rings. The molecule has 25 heavy (non-hydrogen) atoms. The molecule has 0 spiro atoms. The van der Waals surface area contributed by atoms with Crippen molar-refractivity contribution in [2.45, 2.75) is 57.1 Å². The Labute approximate surface area is 146 Å². The second-order valence-electron chi connectivity index (χ2n) is 7.66. The van der Waals surface area contributed by atoms with Crippen LogP contribution in [0.2, 0.25) is 0 Å². The molecule has 0 unspecified atom stereocenters. The van der Waals surface area contributed by atoms with E-state index in [1.165, 1.54) is 12.8 Å². The van der Waals surface area contributed by atoms with Crippen LogP contribution in [-0.2, 0) is 9.47 Å². The number of esters is 1. The molecular formula is C19H23N3O3. The lowest BCUT2D eigenvalue weighted by atomic mass is 10.1. The summed E-state index contributed by atoms with van der Waals surface area (Å²) >= 11 is 0. The van der Waals surface area contributed by atoms with Crippen molar-refractivity contribution in [2.75, 3.05) is 13.2 Å². The minimum Gasteiger partial charge on any atom is -0.456 e. The number of pyridine rings is 1. The van der Waals surface area contributed by atoms with Gasteiger partial charge >= 0.3 is 5.97 Å². The van der Waals surface area contributed by atoms with Gasteiger partial charge in [-0.1, -0.05) is 0 Å². The zero-order valence-electron chi connectivity index (χ0n) is 14.5. The van der Waals surface area contributed by atoms with Crippen molar-refractivity contribution in [3.05, 3.63) is 23.5 Å². The predicted molar refractivity (Wildman–Crippen MR) is 91.6 cm³/mol. The summed E-state index contributed by atoms with van der Waals surface area (Å²) in [5.74, 6) is 0.884. The van der Waals surface area contributed by atoms with Gasteiger partial charge in [-0.05, 0) is 44.6 Å². The van der Waals surface area contributed by atoms with Gasteiger partial charge in [0.25, 0.3) is 0 Å². The summed E-state index contributed by atoms with van der Waals surface area (Å²) in [4.78, 5) is 17.7. The molecule has 6 nitrogen and oxygen atoms in total. The average molecular weight is 341 g/mol. The molecule has 2 saturated carbocycles. The fraction of sp³-hybridized carbons (Fsp3) is 0.632. The zero-order valence-corrected chi connectivity index (χ0v) is 14.5. The molecule has 0 aromatic carbocycles. The Bertz CT molecular complexity index is 817. The number of hydrogen-bond acceptors (Lipinski definition) is 5. The molecule has 3 aliphatic rings. The monoisotopic (exact) mass is 341 g/mol. The Hall–Kier alpha value is -1.95. The molecule has 0 radical (unpaired) electrons. The summed E-state index contributed by atoms with van der Waals surface area (Å²) in [6.07, 6.45) is 7.21. The van der Waals surface area contributed by atoms with Crippen LogP contribution in [0.15, 0.2) is 12.3 Å². The van der Waals surface area contributed by atoms with E-state index in [-0.39, 0.29) is 12.1 Å². The standard InChI is InChI=1S/C19H23N3O3/c1-11(12-2-3-12)22-18-16(9-20-22)15(8-17(21-18)13-4-5-13)19(23)25-14-6-7-24-10-14/h8-9,11-14H,2-7,10H2,1H3/t11-,14-/m0/s1. The van der Waals surface area contributed by atoms with Gasteiger partial charge in [-0.25, -0.2) is 14.5 Å². The molecule has 0 bridgehead atoms. The van der Waals surface area contributed by atoms with Crippen molar-refractivity contribution in [2.24, 2.45) is 5.92 Å². The Kier molecular flexibility index (Phi) is 3.55. The van der Waals surface area contributed by atoms with E-state index < -0.39 is 0 Å². The third-order valence-corrected chi connectivity index (χ3v) is 5.65. The predicted octanol–water partition coefficient (Wildman–Crippen LogP) is 3.23. The summed E-state index contributed by atoms with van der Waals surface area (Å²) in [7, 11) is 0. The fourth-order valence-electron chi connectivity index (χ4n) is 3.69. The number of aromatic nitrogens is 3. The van der Waals surface area contributed by atoms with E-state index in [1.54, 1.807) is 6.20 Å². The molecule has 6 heteroatoms. The minimum atomic E-state index is -0.275. The topological polar surface area (TPSA) is 66.2 Å². The highest BCUT2D eigenvalue weighted by Gasteiger charge is 2.33. The van der Waals surface area contributed by atoms with Crippen LogP contribution in [0.3, 0.4) is 0 Å². The smallest absolute Gasteiger partial charge is 0.339 e. The summed E-state index contributed by atoms with van der Waals surface area (Å²) in [5, 5.41) is 5.38. The molecule has 0 amide bonds. The average Bonchev–Trinajstić information content (AvgIpc) is 3.54. The van der Waals surface area contributed by atoms with Gasteiger partial charge in [0.15, 0.2) is 5.65 Å². The normalized spacial score (nSPS) is 24.6. The van der Waals surface area contributed by atoms with Crippen LogP contribution in [0.1, 0.15) is 67.0 Å². The number of nitrogens with zero attached hydrogens (tertiary/aromatic N) is 3. The minimum absolute atomic E-state index is 0.138. The van der Waals surface area contributed by atoms with E-state index in [9.17, 15) is 4.79 Å². The summed E-state index contributed by atoms with van der Waals surface area (Å²) < 4.78 is 13.0. The van der Waals surface area contributed by atoms with Gasteiger partial charge in [0.2, 0.25) is 0 Å². The van der Waals surface area contributed by atoms with Gasteiger partial charge in [0, 0.05) is 18.0 Å². The number of fused-ring (bicyclic) bond motifs is 1. The summed E-state index contributed by atoms with van der Waals surface area (Å²) in [6.45, 7) is 3.35. The fourth-order valence-corrected chi connectivity index (χ4v) is 3.69. The number of hydrogen-bond donors (Lipinski definition) is 0. The highest BCUT2D eigenvalue weighted by atomic mass is 16.6. The quantitative estimate of drug-likeness (QED) is 0.781. The molecule has 2 aromatic heterocycles. The molecule has 1 aliphatic heterocycles. The van der Waals surface area contributed by atoms with Crippen LogP contribution in [0.4, 0.5) is 0 Å². The Balaban J connectivity index is 1.55. The van der Waals surface area contributed by atoms with Crippen LogP contribution in [-0.4, -0.2) is 40.1 Å². The molecule has 132 valence electrons. The molecule has 2 atom stereocenters. The summed E-state index contributed by atoms with van der Waals surface area (Å²) in [6, 6.07) is 2.25. The Morgan fingerprint density at radius 2 is 2.16 bits per heavy atom. The lowest BCUT2D eigenvalue weighted by Gasteiger charge is -2.14. The van der Waals surface area contributed by atoms with Gasteiger partial charge in [0.05, 0.1) is 36.4 Å². The van der Waals surface area contributed by atoms with Crippen molar-refractivity contribution < 1.29 is 14.3 Å². The lowest BCUT2D eigenvalue weighted by molar-refractivity contribution is 0.0273. The number of ether oxygens (including phenoxy) is 2. The third-order valence-electron chi connectivity index (χ3n) is 5.65. The van der Waals surface area contributed by atoms with E-state index in [1.807, 2.05) is 10.7 Å². The maximum atomic E-state index is 12.8. The molecule has 0 N–H and O–H groups in total.